The Labute approximate surface area is 188 Å². The number of aryl methyl sites for hydroxylation is 1. The maximum absolute atomic E-state index is 13.1. The van der Waals surface area contributed by atoms with Crippen LogP contribution in [0, 0.1) is 11.8 Å². The number of nitrogens with zero attached hydrogens (tertiary/aromatic N) is 4. The summed E-state index contributed by atoms with van der Waals surface area (Å²) in [4.78, 5) is 36.3. The topological polar surface area (TPSA) is 89.4 Å². The Morgan fingerprint density at radius 1 is 1.35 bits per heavy atom. The highest BCUT2D eigenvalue weighted by atomic mass is 32.1. The van der Waals surface area contributed by atoms with E-state index in [-0.39, 0.29) is 11.8 Å². The molecule has 0 unspecified atom stereocenters. The van der Waals surface area contributed by atoms with Gasteiger partial charge in [-0.25, -0.2) is 9.97 Å². The standard InChI is InChI=1S/C22H33N5O3S/c1-17(2)4-10-27(20(28)14-18-5-12-30-13-6-18)22-25-15-19(31-22)21(29)24-7-3-9-26-11-8-23-16-26/h8,11,15-18H,3-7,9-10,12-14H2,1-2H3,(H,24,29). The number of carbonyl (C=O) groups is 2. The molecule has 0 saturated carbocycles. The van der Waals surface area contributed by atoms with Crippen LogP contribution in [0.25, 0.3) is 0 Å². The van der Waals surface area contributed by atoms with Crippen LogP contribution < -0.4 is 10.2 Å². The van der Waals surface area contributed by atoms with E-state index in [4.69, 9.17) is 4.74 Å². The average Bonchev–Trinajstić information content (AvgIpc) is 3.44. The molecule has 0 aliphatic carbocycles. The van der Waals surface area contributed by atoms with Gasteiger partial charge in [-0.3, -0.25) is 14.5 Å². The van der Waals surface area contributed by atoms with E-state index in [1.807, 2.05) is 10.8 Å². The number of carbonyl (C=O) groups excluding carboxylic acids is 2. The Balaban J connectivity index is 1.56. The molecule has 0 atom stereocenters. The van der Waals surface area contributed by atoms with Crippen molar-refractivity contribution in [3.63, 3.8) is 0 Å². The first kappa shape index (κ1) is 23.4. The first-order valence-corrected chi connectivity index (χ1v) is 11.9. The van der Waals surface area contributed by atoms with Gasteiger partial charge in [-0.05, 0) is 37.5 Å². The van der Waals surface area contributed by atoms with Crippen LogP contribution in [0.3, 0.4) is 0 Å². The molecule has 0 spiro atoms. The lowest BCUT2D eigenvalue weighted by molar-refractivity contribution is -0.120. The molecule has 2 amide bonds. The fourth-order valence-corrected chi connectivity index (χ4v) is 4.36. The van der Waals surface area contributed by atoms with Crippen LogP contribution in [0.1, 0.15) is 55.6 Å². The summed E-state index contributed by atoms with van der Waals surface area (Å²) in [5, 5.41) is 3.55. The van der Waals surface area contributed by atoms with Crippen molar-refractivity contribution in [3.8, 4) is 0 Å². The van der Waals surface area contributed by atoms with Gasteiger partial charge < -0.3 is 14.6 Å². The van der Waals surface area contributed by atoms with Crippen LogP contribution in [0.15, 0.2) is 24.9 Å². The summed E-state index contributed by atoms with van der Waals surface area (Å²) >= 11 is 1.29. The molecule has 8 nitrogen and oxygen atoms in total. The average molecular weight is 448 g/mol. The second-order valence-electron chi connectivity index (χ2n) is 8.40. The van der Waals surface area contributed by atoms with Crippen molar-refractivity contribution in [2.45, 2.75) is 52.5 Å². The molecule has 0 bridgehead atoms. The number of ether oxygens (including phenoxy) is 1. The maximum Gasteiger partial charge on any atom is 0.263 e. The second kappa shape index (κ2) is 12.0. The highest BCUT2D eigenvalue weighted by Gasteiger charge is 2.25. The normalized spacial score (nSPS) is 14.7. The van der Waals surface area contributed by atoms with Crippen molar-refractivity contribution >= 4 is 28.3 Å². The van der Waals surface area contributed by atoms with Crippen molar-refractivity contribution < 1.29 is 14.3 Å². The highest BCUT2D eigenvalue weighted by molar-refractivity contribution is 7.17. The van der Waals surface area contributed by atoms with Gasteiger partial charge in [-0.2, -0.15) is 0 Å². The molecule has 3 rings (SSSR count). The third-order valence-electron chi connectivity index (χ3n) is 5.42. The lowest BCUT2D eigenvalue weighted by Gasteiger charge is -2.26. The third kappa shape index (κ3) is 7.43. The number of anilines is 1. The molecule has 31 heavy (non-hydrogen) atoms. The molecule has 1 fully saturated rings. The van der Waals surface area contributed by atoms with E-state index in [1.165, 1.54) is 11.3 Å². The zero-order valence-corrected chi connectivity index (χ0v) is 19.3. The zero-order chi connectivity index (χ0) is 22.1. The molecule has 1 aliphatic heterocycles. The SMILES string of the molecule is CC(C)CCN(C(=O)CC1CCOCC1)c1ncc(C(=O)NCCCn2ccnc2)s1. The third-order valence-corrected chi connectivity index (χ3v) is 6.44. The minimum Gasteiger partial charge on any atom is -0.381 e. The zero-order valence-electron chi connectivity index (χ0n) is 18.5. The summed E-state index contributed by atoms with van der Waals surface area (Å²) in [5.41, 5.74) is 0. The van der Waals surface area contributed by atoms with Crippen LogP contribution in [-0.4, -0.2) is 52.7 Å². The summed E-state index contributed by atoms with van der Waals surface area (Å²) in [7, 11) is 0. The van der Waals surface area contributed by atoms with Crippen LogP contribution >= 0.6 is 11.3 Å². The molecule has 9 heteroatoms. The number of hydrogen-bond acceptors (Lipinski definition) is 6. The second-order valence-corrected chi connectivity index (χ2v) is 9.41. The molecule has 1 saturated heterocycles. The first-order valence-electron chi connectivity index (χ1n) is 11.1. The Bertz CT molecular complexity index is 815. The molecule has 2 aromatic heterocycles. The molecule has 0 aromatic carbocycles. The van der Waals surface area contributed by atoms with Gasteiger partial charge in [0.15, 0.2) is 5.13 Å². The van der Waals surface area contributed by atoms with Gasteiger partial charge in [0, 0.05) is 51.7 Å². The highest BCUT2D eigenvalue weighted by Crippen LogP contribution is 2.27. The van der Waals surface area contributed by atoms with E-state index < -0.39 is 0 Å². The number of rotatable bonds is 11. The molecule has 3 heterocycles. The monoisotopic (exact) mass is 447 g/mol. The molecule has 0 radical (unpaired) electrons. The van der Waals surface area contributed by atoms with Gasteiger partial charge in [0.25, 0.3) is 5.91 Å². The van der Waals surface area contributed by atoms with Crippen LogP contribution in [0.2, 0.25) is 0 Å². The smallest absolute Gasteiger partial charge is 0.263 e. The molecule has 1 aliphatic rings. The van der Waals surface area contributed by atoms with E-state index in [1.54, 1.807) is 23.6 Å². The van der Waals surface area contributed by atoms with Crippen molar-refractivity contribution in [3.05, 3.63) is 29.8 Å². The first-order chi connectivity index (χ1) is 15.0. The predicted molar refractivity (Wildman–Crippen MR) is 121 cm³/mol. The Morgan fingerprint density at radius 3 is 2.87 bits per heavy atom. The Hall–Kier alpha value is -2.26. The molecular weight excluding hydrogens is 414 g/mol. The molecule has 2 aromatic rings. The number of nitrogens with one attached hydrogen (secondary N) is 1. The summed E-state index contributed by atoms with van der Waals surface area (Å²) in [6.45, 7) is 7.75. The van der Waals surface area contributed by atoms with E-state index in [0.717, 1.165) is 45.4 Å². The summed E-state index contributed by atoms with van der Waals surface area (Å²) in [5.74, 6) is 0.793. The van der Waals surface area contributed by atoms with Gasteiger partial charge in [-0.15, -0.1) is 0 Å². The van der Waals surface area contributed by atoms with E-state index in [9.17, 15) is 9.59 Å². The lowest BCUT2D eigenvalue weighted by Crippen LogP contribution is -2.34. The minimum atomic E-state index is -0.143. The van der Waals surface area contributed by atoms with Crippen molar-refractivity contribution in [2.24, 2.45) is 11.8 Å². The van der Waals surface area contributed by atoms with Crippen molar-refractivity contribution in [1.82, 2.24) is 19.9 Å². The fraction of sp³-hybridized carbons (Fsp3) is 0.636. The van der Waals surface area contributed by atoms with E-state index in [0.29, 0.717) is 41.4 Å². The Kier molecular flexibility index (Phi) is 9.02. The van der Waals surface area contributed by atoms with E-state index >= 15 is 0 Å². The fourth-order valence-electron chi connectivity index (χ4n) is 3.49. The number of aromatic nitrogens is 3. The minimum absolute atomic E-state index is 0.0918. The Morgan fingerprint density at radius 2 is 2.16 bits per heavy atom. The molecular formula is C22H33N5O3S. The van der Waals surface area contributed by atoms with Crippen LogP contribution in [0.4, 0.5) is 5.13 Å². The van der Waals surface area contributed by atoms with Gasteiger partial charge in [-0.1, -0.05) is 25.2 Å². The van der Waals surface area contributed by atoms with Crippen LogP contribution in [0.5, 0.6) is 0 Å². The summed E-state index contributed by atoms with van der Waals surface area (Å²) in [6, 6.07) is 0. The number of hydrogen-bond donors (Lipinski definition) is 1. The van der Waals surface area contributed by atoms with E-state index in [2.05, 4.69) is 29.1 Å². The lowest BCUT2D eigenvalue weighted by atomic mass is 9.96. The molecule has 1 N–H and O–H groups in total. The number of amides is 2. The maximum atomic E-state index is 13.1. The molecule has 170 valence electrons. The number of imidazole rings is 1. The van der Waals surface area contributed by atoms with Gasteiger partial charge in [0.05, 0.1) is 12.5 Å². The van der Waals surface area contributed by atoms with Crippen molar-refractivity contribution in [2.75, 3.05) is 31.2 Å². The number of thiazole rings is 1. The largest absolute Gasteiger partial charge is 0.381 e. The summed E-state index contributed by atoms with van der Waals surface area (Å²) in [6.07, 6.45) is 11.1. The van der Waals surface area contributed by atoms with Gasteiger partial charge in [0.2, 0.25) is 5.91 Å². The van der Waals surface area contributed by atoms with Gasteiger partial charge in [0.1, 0.15) is 4.88 Å². The van der Waals surface area contributed by atoms with Gasteiger partial charge >= 0.3 is 0 Å². The summed E-state index contributed by atoms with van der Waals surface area (Å²) < 4.78 is 7.39. The quantitative estimate of drug-likeness (QED) is 0.534. The predicted octanol–water partition coefficient (Wildman–Crippen LogP) is 3.36. The van der Waals surface area contributed by atoms with Crippen LogP contribution in [-0.2, 0) is 16.1 Å². The van der Waals surface area contributed by atoms with Crippen molar-refractivity contribution in [1.29, 1.82) is 0 Å².